The molecule has 26 heavy (non-hydrogen) atoms. The van der Waals surface area contributed by atoms with Crippen molar-refractivity contribution in [1.29, 1.82) is 0 Å². The maximum absolute atomic E-state index is 3.68. The summed E-state index contributed by atoms with van der Waals surface area (Å²) in [6.07, 6.45) is 10.0. The quantitative estimate of drug-likeness (QED) is 0.455. The number of rotatable bonds is 14. The van der Waals surface area contributed by atoms with Gasteiger partial charge in [0.25, 0.3) is 0 Å². The third-order valence-electron chi connectivity index (χ3n) is 5.13. The lowest BCUT2D eigenvalue weighted by Crippen LogP contribution is -2.29. The van der Waals surface area contributed by atoms with Crippen molar-refractivity contribution >= 4 is 10.9 Å². The first kappa shape index (κ1) is 21.0. The molecule has 1 heterocycles. The molecule has 0 spiro atoms. The average Bonchev–Trinajstić information content (AvgIpc) is 3.01. The number of nitrogens with zero attached hydrogens (tertiary/aromatic N) is 2. The molecule has 0 aliphatic rings. The zero-order chi connectivity index (χ0) is 18.6. The first-order chi connectivity index (χ1) is 12.8. The van der Waals surface area contributed by atoms with Crippen LogP contribution in [0.4, 0.5) is 0 Å². The monoisotopic (exact) mass is 357 g/mol. The van der Waals surface area contributed by atoms with Crippen molar-refractivity contribution < 1.29 is 0 Å². The number of benzene rings is 1. The van der Waals surface area contributed by atoms with Crippen molar-refractivity contribution in [1.82, 2.24) is 14.8 Å². The first-order valence-corrected chi connectivity index (χ1v) is 10.8. The first-order valence-electron chi connectivity index (χ1n) is 10.8. The number of hydrogen-bond acceptors (Lipinski definition) is 2. The van der Waals surface area contributed by atoms with Crippen molar-refractivity contribution in [3.63, 3.8) is 0 Å². The molecule has 1 aromatic carbocycles. The van der Waals surface area contributed by atoms with Crippen LogP contribution in [0.5, 0.6) is 0 Å². The van der Waals surface area contributed by atoms with E-state index in [-0.39, 0.29) is 0 Å². The fourth-order valence-corrected chi connectivity index (χ4v) is 3.64. The van der Waals surface area contributed by atoms with Gasteiger partial charge in [-0.1, -0.05) is 51.8 Å². The number of nitrogens with one attached hydrogen (secondary N) is 1. The van der Waals surface area contributed by atoms with E-state index in [9.17, 15) is 0 Å². The van der Waals surface area contributed by atoms with Gasteiger partial charge in [-0.2, -0.15) is 0 Å². The Labute approximate surface area is 160 Å². The van der Waals surface area contributed by atoms with E-state index in [1.54, 1.807) is 0 Å². The highest BCUT2D eigenvalue weighted by Gasteiger charge is 2.07. The molecule has 2 rings (SSSR count). The van der Waals surface area contributed by atoms with Crippen LogP contribution in [0.15, 0.2) is 30.5 Å². The van der Waals surface area contributed by atoms with E-state index in [1.807, 2.05) is 0 Å². The Morgan fingerprint density at radius 1 is 0.885 bits per heavy atom. The van der Waals surface area contributed by atoms with E-state index in [4.69, 9.17) is 0 Å². The van der Waals surface area contributed by atoms with Gasteiger partial charge in [-0.05, 0) is 63.5 Å². The van der Waals surface area contributed by atoms with Crippen LogP contribution in [0.1, 0.15) is 64.9 Å². The molecule has 0 saturated carbocycles. The van der Waals surface area contributed by atoms with Crippen molar-refractivity contribution in [3.8, 4) is 0 Å². The number of hydrogen-bond donors (Lipinski definition) is 1. The molecular weight excluding hydrogens is 318 g/mol. The number of fused-ring (bicyclic) bond motifs is 1. The van der Waals surface area contributed by atoms with Crippen LogP contribution in [0, 0.1) is 0 Å². The SMILES string of the molecule is CCCCN(CCCC)CCCNCc1cn(CCC)c2ccccc12. The Bertz CT molecular complexity index is 609. The highest BCUT2D eigenvalue weighted by molar-refractivity contribution is 5.83. The summed E-state index contributed by atoms with van der Waals surface area (Å²) in [4.78, 5) is 2.65. The summed E-state index contributed by atoms with van der Waals surface area (Å²) in [5, 5.41) is 5.08. The molecule has 1 aromatic heterocycles. The molecule has 0 fully saturated rings. The smallest absolute Gasteiger partial charge is 0.0483 e. The fourth-order valence-electron chi connectivity index (χ4n) is 3.64. The standard InChI is InChI=1S/C23H39N3/c1-4-7-16-25(17-8-5-2)18-11-14-24-19-21-20-26(15-6-3)23-13-10-9-12-22(21)23/h9-10,12-13,20,24H,4-8,11,14-19H2,1-3H3. The molecule has 0 amide bonds. The fraction of sp³-hybridized carbons (Fsp3) is 0.652. The van der Waals surface area contributed by atoms with Crippen molar-refractivity contribution in [2.45, 2.75) is 72.4 Å². The van der Waals surface area contributed by atoms with Crippen molar-refractivity contribution in [3.05, 3.63) is 36.0 Å². The van der Waals surface area contributed by atoms with Gasteiger partial charge >= 0.3 is 0 Å². The summed E-state index contributed by atoms with van der Waals surface area (Å²) in [7, 11) is 0. The average molecular weight is 358 g/mol. The van der Waals surface area contributed by atoms with E-state index < -0.39 is 0 Å². The molecule has 0 atom stereocenters. The van der Waals surface area contributed by atoms with E-state index in [1.165, 1.54) is 74.6 Å². The van der Waals surface area contributed by atoms with Crippen LogP contribution in [0.2, 0.25) is 0 Å². The second-order valence-electron chi connectivity index (χ2n) is 7.44. The number of aryl methyl sites for hydroxylation is 1. The van der Waals surface area contributed by atoms with Gasteiger partial charge in [-0.15, -0.1) is 0 Å². The van der Waals surface area contributed by atoms with Crippen LogP contribution in [0.25, 0.3) is 10.9 Å². The van der Waals surface area contributed by atoms with Gasteiger partial charge in [0.1, 0.15) is 0 Å². The second-order valence-corrected chi connectivity index (χ2v) is 7.44. The van der Waals surface area contributed by atoms with E-state index >= 15 is 0 Å². The third kappa shape index (κ3) is 6.44. The molecule has 0 unspecified atom stereocenters. The van der Waals surface area contributed by atoms with E-state index in [2.05, 4.69) is 66.0 Å². The Kier molecular flexibility index (Phi) is 9.80. The molecule has 0 saturated heterocycles. The van der Waals surface area contributed by atoms with Gasteiger partial charge in [-0.3, -0.25) is 0 Å². The van der Waals surface area contributed by atoms with Crippen LogP contribution < -0.4 is 5.32 Å². The number of unbranched alkanes of at least 4 members (excludes halogenated alkanes) is 2. The molecule has 0 aliphatic heterocycles. The lowest BCUT2D eigenvalue weighted by atomic mass is 10.2. The zero-order valence-electron chi connectivity index (χ0n) is 17.3. The van der Waals surface area contributed by atoms with Gasteiger partial charge in [0.15, 0.2) is 0 Å². The summed E-state index contributed by atoms with van der Waals surface area (Å²) in [5.74, 6) is 0. The maximum atomic E-state index is 3.68. The predicted octanol–water partition coefficient (Wildman–Crippen LogP) is 5.43. The summed E-state index contributed by atoms with van der Waals surface area (Å²) in [5.41, 5.74) is 2.80. The summed E-state index contributed by atoms with van der Waals surface area (Å²) < 4.78 is 2.41. The van der Waals surface area contributed by atoms with Crippen LogP contribution in [-0.4, -0.2) is 35.6 Å². The van der Waals surface area contributed by atoms with Gasteiger partial charge < -0.3 is 14.8 Å². The summed E-state index contributed by atoms with van der Waals surface area (Å²) >= 11 is 0. The van der Waals surface area contributed by atoms with Gasteiger partial charge in [0, 0.05) is 30.2 Å². The third-order valence-corrected chi connectivity index (χ3v) is 5.13. The number of aromatic nitrogens is 1. The summed E-state index contributed by atoms with van der Waals surface area (Å²) in [6, 6.07) is 8.80. The highest BCUT2D eigenvalue weighted by atomic mass is 15.1. The van der Waals surface area contributed by atoms with Crippen LogP contribution in [-0.2, 0) is 13.1 Å². The predicted molar refractivity (Wildman–Crippen MR) is 115 cm³/mol. The van der Waals surface area contributed by atoms with E-state index in [0.717, 1.165) is 19.6 Å². The Morgan fingerprint density at radius 3 is 2.27 bits per heavy atom. The lowest BCUT2D eigenvalue weighted by molar-refractivity contribution is 0.261. The molecule has 0 bridgehead atoms. The zero-order valence-corrected chi connectivity index (χ0v) is 17.3. The molecule has 146 valence electrons. The minimum atomic E-state index is 0.973. The minimum Gasteiger partial charge on any atom is -0.347 e. The van der Waals surface area contributed by atoms with Gasteiger partial charge in [0.2, 0.25) is 0 Å². The lowest BCUT2D eigenvalue weighted by Gasteiger charge is -2.21. The van der Waals surface area contributed by atoms with Crippen LogP contribution >= 0.6 is 0 Å². The van der Waals surface area contributed by atoms with Crippen molar-refractivity contribution in [2.24, 2.45) is 0 Å². The Balaban J connectivity index is 1.79. The maximum Gasteiger partial charge on any atom is 0.0483 e. The number of para-hydroxylation sites is 1. The van der Waals surface area contributed by atoms with Crippen molar-refractivity contribution in [2.75, 3.05) is 26.2 Å². The van der Waals surface area contributed by atoms with Gasteiger partial charge in [-0.25, -0.2) is 0 Å². The van der Waals surface area contributed by atoms with E-state index in [0.29, 0.717) is 0 Å². The molecular formula is C23H39N3. The largest absolute Gasteiger partial charge is 0.347 e. The molecule has 0 radical (unpaired) electrons. The van der Waals surface area contributed by atoms with Gasteiger partial charge in [0.05, 0.1) is 0 Å². The summed E-state index contributed by atoms with van der Waals surface area (Å²) in [6.45, 7) is 13.7. The highest BCUT2D eigenvalue weighted by Crippen LogP contribution is 2.21. The molecule has 3 heteroatoms. The Morgan fingerprint density at radius 2 is 1.58 bits per heavy atom. The molecule has 2 aromatic rings. The topological polar surface area (TPSA) is 20.2 Å². The second kappa shape index (κ2) is 12.1. The molecule has 0 aliphatic carbocycles. The molecule has 3 nitrogen and oxygen atoms in total. The van der Waals surface area contributed by atoms with Crippen LogP contribution in [0.3, 0.4) is 0 Å². The molecule has 1 N–H and O–H groups in total. The normalized spacial score (nSPS) is 11.7. The minimum absolute atomic E-state index is 0.973. The Hall–Kier alpha value is -1.32.